The van der Waals surface area contributed by atoms with Gasteiger partial charge < -0.3 is 4.74 Å². The Kier molecular flexibility index (Phi) is 2.50. The first kappa shape index (κ1) is 10.3. The van der Waals surface area contributed by atoms with Gasteiger partial charge >= 0.3 is 0 Å². The number of benzene rings is 1. The molecule has 0 spiro atoms. The Labute approximate surface area is 99.0 Å². The second-order valence-corrected chi connectivity index (χ2v) is 5.99. The summed E-state index contributed by atoms with van der Waals surface area (Å²) in [5.41, 5.74) is 2.63. The molecule has 1 atom stereocenters. The molecule has 1 nitrogen and oxygen atoms in total. The summed E-state index contributed by atoms with van der Waals surface area (Å²) >= 11 is 2.48. The number of hydrogen-bond acceptors (Lipinski definition) is 1. The van der Waals surface area contributed by atoms with Gasteiger partial charge in [-0.2, -0.15) is 0 Å². The third-order valence-corrected chi connectivity index (χ3v) is 4.68. The van der Waals surface area contributed by atoms with Crippen molar-refractivity contribution in [3.05, 3.63) is 29.3 Å². The van der Waals surface area contributed by atoms with Crippen molar-refractivity contribution in [3.63, 3.8) is 0 Å². The summed E-state index contributed by atoms with van der Waals surface area (Å²) in [7, 11) is 0. The molecule has 0 N–H and O–H groups in total. The molecule has 1 unspecified atom stereocenters. The first-order chi connectivity index (χ1) is 6.49. The fourth-order valence-corrected chi connectivity index (χ4v) is 2.36. The number of halogens is 1. The lowest BCUT2D eigenvalue weighted by Gasteiger charge is -2.37. The molecule has 1 aliphatic rings. The van der Waals surface area contributed by atoms with E-state index in [1.165, 1.54) is 11.1 Å². The van der Waals surface area contributed by atoms with Crippen molar-refractivity contribution in [2.75, 3.05) is 0 Å². The van der Waals surface area contributed by atoms with Gasteiger partial charge in [-0.25, -0.2) is 0 Å². The predicted octanol–water partition coefficient (Wildman–Crippen LogP) is 3.51. The molecular weight excluding hydrogens is 287 g/mol. The highest BCUT2D eigenvalue weighted by molar-refractivity contribution is 14.1. The molecule has 0 aromatic heterocycles. The van der Waals surface area contributed by atoms with Crippen molar-refractivity contribution in [2.45, 2.75) is 36.7 Å². The van der Waals surface area contributed by atoms with Crippen LogP contribution in [0.25, 0.3) is 0 Å². The van der Waals surface area contributed by atoms with Gasteiger partial charge in [-0.05, 0) is 38.8 Å². The highest BCUT2D eigenvalue weighted by Gasteiger charge is 2.34. The van der Waals surface area contributed by atoms with Gasteiger partial charge in [0.25, 0.3) is 0 Å². The normalized spacial score (nSPS) is 23.9. The summed E-state index contributed by atoms with van der Waals surface area (Å²) in [5, 5.41) is 0. The van der Waals surface area contributed by atoms with E-state index < -0.39 is 0 Å². The van der Waals surface area contributed by atoms with Crippen LogP contribution in [0.4, 0.5) is 0 Å². The molecule has 0 fully saturated rings. The lowest BCUT2D eigenvalue weighted by atomic mass is 9.93. The lowest BCUT2D eigenvalue weighted by molar-refractivity contribution is 0.0965. The summed E-state index contributed by atoms with van der Waals surface area (Å²) < 4.78 is 6.53. The number of rotatable bonds is 0. The molecule has 76 valence electrons. The first-order valence-corrected chi connectivity index (χ1v) is 6.16. The third-order valence-electron chi connectivity index (χ3n) is 2.74. The Morgan fingerprint density at radius 2 is 2.14 bits per heavy atom. The third kappa shape index (κ3) is 1.76. The van der Waals surface area contributed by atoms with Gasteiger partial charge in [-0.3, -0.25) is 0 Å². The molecule has 1 aromatic carbocycles. The lowest BCUT2D eigenvalue weighted by Crippen LogP contribution is -2.42. The van der Waals surface area contributed by atoms with Gasteiger partial charge in [-0.15, -0.1) is 0 Å². The monoisotopic (exact) mass is 302 g/mol. The molecular formula is C12H15IO. The number of hydrogen-bond donors (Lipinski definition) is 0. The minimum Gasteiger partial charge on any atom is -0.486 e. The zero-order valence-corrected chi connectivity index (χ0v) is 11.0. The smallest absolute Gasteiger partial charge is 0.123 e. The van der Waals surface area contributed by atoms with Gasteiger partial charge in [0.2, 0.25) is 0 Å². The largest absolute Gasteiger partial charge is 0.486 e. The number of ether oxygens (including phenoxy) is 1. The van der Waals surface area contributed by atoms with E-state index >= 15 is 0 Å². The molecule has 0 saturated heterocycles. The average Bonchev–Trinajstić information content (AvgIpc) is 2.08. The van der Waals surface area contributed by atoms with Crippen LogP contribution >= 0.6 is 22.6 Å². The minimum atomic E-state index is -0.0389. The van der Waals surface area contributed by atoms with E-state index in [-0.39, 0.29) is 5.60 Å². The molecule has 0 saturated carbocycles. The van der Waals surface area contributed by atoms with Gasteiger partial charge in [0.15, 0.2) is 0 Å². The van der Waals surface area contributed by atoms with Crippen LogP contribution < -0.4 is 4.74 Å². The SMILES string of the molecule is Cc1ccc2c(c1)CC(I)C(C)(C)O2. The molecule has 0 amide bonds. The Morgan fingerprint density at radius 3 is 2.86 bits per heavy atom. The number of fused-ring (bicyclic) bond motifs is 1. The second-order valence-electron chi connectivity index (χ2n) is 4.49. The molecule has 2 heteroatoms. The maximum Gasteiger partial charge on any atom is 0.123 e. The van der Waals surface area contributed by atoms with Crippen LogP contribution in [0.1, 0.15) is 25.0 Å². The molecule has 2 rings (SSSR count). The summed E-state index contributed by atoms with van der Waals surface area (Å²) in [4.78, 5) is 0. The Hall–Kier alpha value is -0.250. The molecule has 0 bridgehead atoms. The Morgan fingerprint density at radius 1 is 1.43 bits per heavy atom. The van der Waals surface area contributed by atoms with E-state index in [1.54, 1.807) is 0 Å². The van der Waals surface area contributed by atoms with E-state index in [1.807, 2.05) is 0 Å². The molecule has 14 heavy (non-hydrogen) atoms. The van der Waals surface area contributed by atoms with Crippen molar-refractivity contribution in [1.29, 1.82) is 0 Å². The highest BCUT2D eigenvalue weighted by Crippen LogP contribution is 2.37. The van der Waals surface area contributed by atoms with E-state index in [2.05, 4.69) is 61.6 Å². The van der Waals surface area contributed by atoms with Crippen molar-refractivity contribution in [2.24, 2.45) is 0 Å². The average molecular weight is 302 g/mol. The summed E-state index contributed by atoms with van der Waals surface area (Å²) in [6, 6.07) is 6.44. The summed E-state index contributed by atoms with van der Waals surface area (Å²) in [5.74, 6) is 1.06. The summed E-state index contributed by atoms with van der Waals surface area (Å²) in [6.07, 6.45) is 1.12. The van der Waals surface area contributed by atoms with Crippen LogP contribution in [0.5, 0.6) is 5.75 Å². The maximum absolute atomic E-state index is 5.98. The molecule has 1 heterocycles. The van der Waals surface area contributed by atoms with Crippen molar-refractivity contribution in [3.8, 4) is 5.75 Å². The Balaban J connectivity index is 2.41. The fourth-order valence-electron chi connectivity index (χ4n) is 1.75. The van der Waals surface area contributed by atoms with Crippen LogP contribution in [0.2, 0.25) is 0 Å². The van der Waals surface area contributed by atoms with Gasteiger partial charge in [0.1, 0.15) is 11.4 Å². The van der Waals surface area contributed by atoms with E-state index in [0.717, 1.165) is 12.2 Å². The quantitative estimate of drug-likeness (QED) is 0.526. The molecule has 0 radical (unpaired) electrons. The summed E-state index contributed by atoms with van der Waals surface area (Å²) in [6.45, 7) is 6.45. The second kappa shape index (κ2) is 3.40. The van der Waals surface area contributed by atoms with Crippen LogP contribution in [0.3, 0.4) is 0 Å². The van der Waals surface area contributed by atoms with Crippen molar-refractivity contribution in [1.82, 2.24) is 0 Å². The van der Waals surface area contributed by atoms with Crippen LogP contribution in [-0.2, 0) is 6.42 Å². The Bertz CT molecular complexity index is 357. The van der Waals surface area contributed by atoms with E-state index in [0.29, 0.717) is 3.92 Å². The van der Waals surface area contributed by atoms with E-state index in [4.69, 9.17) is 4.74 Å². The number of aryl methyl sites for hydroxylation is 1. The maximum atomic E-state index is 5.98. The van der Waals surface area contributed by atoms with Crippen molar-refractivity contribution < 1.29 is 4.74 Å². The molecule has 1 aliphatic heterocycles. The van der Waals surface area contributed by atoms with Gasteiger partial charge in [0, 0.05) is 0 Å². The zero-order valence-electron chi connectivity index (χ0n) is 8.80. The fraction of sp³-hybridized carbons (Fsp3) is 0.500. The first-order valence-electron chi connectivity index (χ1n) is 4.91. The van der Waals surface area contributed by atoms with Crippen LogP contribution in [-0.4, -0.2) is 9.53 Å². The zero-order chi connectivity index (χ0) is 10.3. The standard InChI is InChI=1S/C12H15IO/c1-8-4-5-10-9(6-8)7-11(13)12(2,3)14-10/h4-6,11H,7H2,1-3H3. The minimum absolute atomic E-state index is 0.0389. The van der Waals surface area contributed by atoms with Crippen molar-refractivity contribution >= 4 is 22.6 Å². The van der Waals surface area contributed by atoms with Gasteiger partial charge in [0.05, 0.1) is 3.92 Å². The highest BCUT2D eigenvalue weighted by atomic mass is 127. The number of alkyl halides is 1. The van der Waals surface area contributed by atoms with E-state index in [9.17, 15) is 0 Å². The van der Waals surface area contributed by atoms with Crippen LogP contribution in [0, 0.1) is 6.92 Å². The predicted molar refractivity (Wildman–Crippen MR) is 67.4 cm³/mol. The van der Waals surface area contributed by atoms with Gasteiger partial charge in [-0.1, -0.05) is 40.3 Å². The topological polar surface area (TPSA) is 9.23 Å². The molecule has 1 aromatic rings. The molecule has 0 aliphatic carbocycles. The van der Waals surface area contributed by atoms with Crippen LogP contribution in [0.15, 0.2) is 18.2 Å².